The number of benzene rings is 1. The molecule has 0 atom stereocenters. The van der Waals surface area contributed by atoms with Crippen molar-refractivity contribution in [2.24, 2.45) is 0 Å². The Bertz CT molecular complexity index is 1210. The van der Waals surface area contributed by atoms with Gasteiger partial charge < -0.3 is 19.4 Å². The quantitative estimate of drug-likeness (QED) is 0.463. The molecule has 2 heterocycles. The minimum absolute atomic E-state index is 0.0585. The van der Waals surface area contributed by atoms with Crippen molar-refractivity contribution < 1.29 is 18.7 Å². The van der Waals surface area contributed by atoms with Crippen molar-refractivity contribution in [3.63, 3.8) is 0 Å². The van der Waals surface area contributed by atoms with E-state index in [2.05, 4.69) is 21.9 Å². The lowest BCUT2D eigenvalue weighted by Gasteiger charge is -2.17. The largest absolute Gasteiger partial charge is 0.489 e. The van der Waals surface area contributed by atoms with Gasteiger partial charge in [0.1, 0.15) is 18.1 Å². The summed E-state index contributed by atoms with van der Waals surface area (Å²) in [6.07, 6.45) is 6.24. The number of rotatable bonds is 9. The van der Waals surface area contributed by atoms with Gasteiger partial charge in [0.2, 0.25) is 5.91 Å². The van der Waals surface area contributed by atoms with Gasteiger partial charge in [0, 0.05) is 30.8 Å². The molecule has 3 aromatic rings. The summed E-state index contributed by atoms with van der Waals surface area (Å²) in [5.41, 5.74) is 3.64. The SMILES string of the molecule is C=CC(=O)N(C)CCOc1cnccc1-c1ccc(CNC(=O)c2ncc(C(C)(C)C)o2)c(C)c1. The summed E-state index contributed by atoms with van der Waals surface area (Å²) >= 11 is 0. The second-order valence-electron chi connectivity index (χ2n) is 9.29. The fraction of sp³-hybridized carbons (Fsp3) is 0.333. The van der Waals surface area contributed by atoms with E-state index >= 15 is 0 Å². The minimum atomic E-state index is -0.353. The third-order valence-corrected chi connectivity index (χ3v) is 5.55. The number of nitrogens with zero attached hydrogens (tertiary/aromatic N) is 3. The van der Waals surface area contributed by atoms with Crippen LogP contribution in [0.25, 0.3) is 11.1 Å². The van der Waals surface area contributed by atoms with E-state index < -0.39 is 0 Å². The Labute approximate surface area is 206 Å². The molecule has 0 aliphatic heterocycles. The number of hydrogen-bond acceptors (Lipinski definition) is 6. The van der Waals surface area contributed by atoms with Crippen molar-refractivity contribution >= 4 is 11.8 Å². The van der Waals surface area contributed by atoms with Gasteiger partial charge in [-0.05, 0) is 35.8 Å². The lowest BCUT2D eigenvalue weighted by molar-refractivity contribution is -0.125. The van der Waals surface area contributed by atoms with Crippen molar-refractivity contribution in [3.8, 4) is 16.9 Å². The van der Waals surface area contributed by atoms with Gasteiger partial charge in [0.25, 0.3) is 5.89 Å². The molecule has 35 heavy (non-hydrogen) atoms. The molecular formula is C27H32N4O4. The van der Waals surface area contributed by atoms with Gasteiger partial charge in [-0.25, -0.2) is 4.98 Å². The molecule has 0 spiro atoms. The van der Waals surface area contributed by atoms with E-state index in [1.807, 2.05) is 52.0 Å². The van der Waals surface area contributed by atoms with Crippen LogP contribution < -0.4 is 10.1 Å². The van der Waals surface area contributed by atoms with Gasteiger partial charge in [0.05, 0.1) is 18.9 Å². The number of nitrogens with one attached hydrogen (secondary N) is 1. The monoisotopic (exact) mass is 476 g/mol. The normalized spacial score (nSPS) is 11.1. The lowest BCUT2D eigenvalue weighted by Crippen LogP contribution is -2.29. The molecule has 0 fully saturated rings. The second-order valence-corrected chi connectivity index (χ2v) is 9.29. The fourth-order valence-corrected chi connectivity index (χ4v) is 3.33. The maximum Gasteiger partial charge on any atom is 0.307 e. The van der Waals surface area contributed by atoms with Gasteiger partial charge in [-0.3, -0.25) is 14.6 Å². The Morgan fingerprint density at radius 3 is 2.66 bits per heavy atom. The van der Waals surface area contributed by atoms with Crippen LogP contribution in [0.3, 0.4) is 0 Å². The van der Waals surface area contributed by atoms with Crippen molar-refractivity contribution in [2.45, 2.75) is 39.7 Å². The van der Waals surface area contributed by atoms with Crippen LogP contribution in [0.4, 0.5) is 0 Å². The van der Waals surface area contributed by atoms with Gasteiger partial charge in [-0.2, -0.15) is 0 Å². The summed E-state index contributed by atoms with van der Waals surface area (Å²) in [4.78, 5) is 33.9. The number of carbonyl (C=O) groups is 2. The van der Waals surface area contributed by atoms with Crippen LogP contribution in [0, 0.1) is 6.92 Å². The predicted molar refractivity (Wildman–Crippen MR) is 134 cm³/mol. The van der Waals surface area contributed by atoms with E-state index in [-0.39, 0.29) is 23.1 Å². The molecule has 0 radical (unpaired) electrons. The van der Waals surface area contributed by atoms with Crippen LogP contribution >= 0.6 is 0 Å². The van der Waals surface area contributed by atoms with E-state index in [1.54, 1.807) is 30.5 Å². The summed E-state index contributed by atoms with van der Waals surface area (Å²) < 4.78 is 11.5. The summed E-state index contributed by atoms with van der Waals surface area (Å²) in [5, 5.41) is 2.87. The standard InChI is InChI=1S/C27H32N4O4/c1-7-24(32)31(6)12-13-34-22-16-28-11-10-21(22)19-8-9-20(18(2)14-19)15-29-25(33)26-30-17-23(35-26)27(3,4)5/h7-11,14,16-17H,1,12-13,15H2,2-6H3,(H,29,33). The van der Waals surface area contributed by atoms with Gasteiger partial charge in [-0.15, -0.1) is 0 Å². The zero-order valence-corrected chi connectivity index (χ0v) is 20.9. The van der Waals surface area contributed by atoms with Crippen LogP contribution in [0.1, 0.15) is 48.3 Å². The van der Waals surface area contributed by atoms with Gasteiger partial charge >= 0.3 is 5.91 Å². The van der Waals surface area contributed by atoms with Gasteiger partial charge in [-0.1, -0.05) is 45.5 Å². The second kappa shape index (κ2) is 11.0. The van der Waals surface area contributed by atoms with Crippen LogP contribution in [-0.2, 0) is 16.8 Å². The minimum Gasteiger partial charge on any atom is -0.489 e. The molecule has 0 saturated heterocycles. The molecule has 8 heteroatoms. The van der Waals surface area contributed by atoms with E-state index in [9.17, 15) is 9.59 Å². The first-order valence-electron chi connectivity index (χ1n) is 11.4. The lowest BCUT2D eigenvalue weighted by atomic mass is 9.94. The smallest absolute Gasteiger partial charge is 0.307 e. The maximum atomic E-state index is 12.5. The third-order valence-electron chi connectivity index (χ3n) is 5.55. The molecule has 184 valence electrons. The Kier molecular flexibility index (Phi) is 8.06. The number of pyridine rings is 1. The average Bonchev–Trinajstić information content (AvgIpc) is 3.34. The van der Waals surface area contributed by atoms with Crippen LogP contribution in [0.2, 0.25) is 0 Å². The Hall–Kier alpha value is -3.94. The first kappa shape index (κ1) is 25.7. The topological polar surface area (TPSA) is 97.6 Å². The molecule has 0 aliphatic carbocycles. The first-order chi connectivity index (χ1) is 16.6. The fourth-order valence-electron chi connectivity index (χ4n) is 3.33. The highest BCUT2D eigenvalue weighted by Crippen LogP contribution is 2.30. The molecule has 0 unspecified atom stereocenters. The van der Waals surface area contributed by atoms with Crippen molar-refractivity contribution in [1.82, 2.24) is 20.2 Å². The molecule has 1 N–H and O–H groups in total. The maximum absolute atomic E-state index is 12.5. The highest BCUT2D eigenvalue weighted by atomic mass is 16.5. The molecule has 8 nitrogen and oxygen atoms in total. The van der Waals surface area contributed by atoms with Crippen molar-refractivity contribution in [2.75, 3.05) is 20.2 Å². The van der Waals surface area contributed by atoms with E-state index in [0.29, 0.717) is 31.2 Å². The molecule has 1 aromatic carbocycles. The van der Waals surface area contributed by atoms with Crippen LogP contribution in [-0.4, -0.2) is 46.9 Å². The number of likely N-dealkylation sites (N-methyl/N-ethyl adjacent to an activating group) is 1. The molecule has 2 aromatic heterocycles. The summed E-state index contributed by atoms with van der Waals surface area (Å²) in [6.45, 7) is 12.6. The summed E-state index contributed by atoms with van der Waals surface area (Å²) in [6, 6.07) is 7.88. The highest BCUT2D eigenvalue weighted by Gasteiger charge is 2.22. The number of amides is 2. The number of carbonyl (C=O) groups excluding carboxylic acids is 2. The predicted octanol–water partition coefficient (Wildman–Crippen LogP) is 4.30. The summed E-state index contributed by atoms with van der Waals surface area (Å²) in [7, 11) is 1.70. The third kappa shape index (κ3) is 6.56. The first-order valence-corrected chi connectivity index (χ1v) is 11.4. The average molecular weight is 477 g/mol. The Morgan fingerprint density at radius 1 is 1.23 bits per heavy atom. The molecule has 0 saturated carbocycles. The molecule has 0 bridgehead atoms. The molecule has 3 rings (SSSR count). The Balaban J connectivity index is 1.66. The van der Waals surface area contributed by atoms with Crippen molar-refractivity contribution in [3.05, 3.63) is 78.3 Å². The van der Waals surface area contributed by atoms with E-state index in [1.165, 1.54) is 6.08 Å². The number of oxazole rings is 1. The van der Waals surface area contributed by atoms with Crippen LogP contribution in [0.5, 0.6) is 5.75 Å². The zero-order valence-electron chi connectivity index (χ0n) is 20.9. The van der Waals surface area contributed by atoms with Crippen molar-refractivity contribution in [1.29, 1.82) is 0 Å². The van der Waals surface area contributed by atoms with E-state index in [0.717, 1.165) is 22.3 Å². The highest BCUT2D eigenvalue weighted by molar-refractivity contribution is 5.89. The number of aryl methyl sites for hydroxylation is 1. The number of hydrogen-bond donors (Lipinski definition) is 1. The molecule has 0 aliphatic rings. The van der Waals surface area contributed by atoms with Crippen LogP contribution in [0.15, 0.2) is 59.9 Å². The zero-order chi connectivity index (χ0) is 25.6. The molecular weight excluding hydrogens is 444 g/mol. The van der Waals surface area contributed by atoms with Gasteiger partial charge in [0.15, 0.2) is 0 Å². The summed E-state index contributed by atoms with van der Waals surface area (Å²) in [5.74, 6) is 0.844. The number of aromatic nitrogens is 2. The van der Waals surface area contributed by atoms with E-state index in [4.69, 9.17) is 9.15 Å². The molecule has 2 amide bonds. The Morgan fingerprint density at radius 2 is 2.00 bits per heavy atom. The number of ether oxygens (including phenoxy) is 1.